The highest BCUT2D eigenvalue weighted by Crippen LogP contribution is 2.36. The molecule has 0 radical (unpaired) electrons. The third kappa shape index (κ3) is 6.10. The van der Waals surface area contributed by atoms with Crippen LogP contribution in [-0.4, -0.2) is 0 Å². The lowest BCUT2D eigenvalue weighted by Crippen LogP contribution is -2.15. The van der Waals surface area contributed by atoms with Crippen molar-refractivity contribution >= 4 is 0 Å². The summed E-state index contributed by atoms with van der Waals surface area (Å²) in [6, 6.07) is 1.66. The van der Waals surface area contributed by atoms with Crippen molar-refractivity contribution in [3.05, 3.63) is 47.0 Å². The molecule has 0 unspecified atom stereocenters. The number of hydrogen-bond donors (Lipinski definition) is 0. The molecule has 1 aromatic rings. The van der Waals surface area contributed by atoms with E-state index in [0.717, 1.165) is 43.7 Å². The predicted molar refractivity (Wildman–Crippen MR) is 93.8 cm³/mol. The number of alkyl halides is 3. The molecule has 1 aliphatic rings. The summed E-state index contributed by atoms with van der Waals surface area (Å²) in [5.74, 6) is -1.78. The molecule has 5 heteroatoms. The van der Waals surface area contributed by atoms with Gasteiger partial charge in [-0.2, -0.15) is 13.2 Å². The first-order valence-corrected chi connectivity index (χ1v) is 9.47. The van der Waals surface area contributed by atoms with Gasteiger partial charge >= 0.3 is 6.18 Å². The fourth-order valence-corrected chi connectivity index (χ4v) is 3.91. The van der Waals surface area contributed by atoms with Crippen molar-refractivity contribution < 1.29 is 22.0 Å². The van der Waals surface area contributed by atoms with Crippen molar-refractivity contribution in [3.8, 4) is 0 Å². The minimum atomic E-state index is -5.00. The van der Waals surface area contributed by atoms with Crippen molar-refractivity contribution in [1.29, 1.82) is 0 Å². The Labute approximate surface area is 152 Å². The molecule has 0 aromatic heterocycles. The van der Waals surface area contributed by atoms with E-state index in [-0.39, 0.29) is 0 Å². The Kier molecular flexibility index (Phi) is 7.66. The Morgan fingerprint density at radius 3 is 2.00 bits per heavy atom. The van der Waals surface area contributed by atoms with Crippen LogP contribution in [0.1, 0.15) is 69.4 Å². The zero-order chi connectivity index (χ0) is 19.2. The lowest BCUT2D eigenvalue weighted by atomic mass is 9.78. The molecule has 0 atom stereocenters. The number of rotatable bonds is 7. The van der Waals surface area contributed by atoms with Crippen LogP contribution in [0.3, 0.4) is 0 Å². The molecular weight excluding hydrogens is 347 g/mol. The Balaban J connectivity index is 1.80. The fourth-order valence-electron chi connectivity index (χ4n) is 3.91. The van der Waals surface area contributed by atoms with E-state index in [1.54, 1.807) is 0 Å². The molecule has 2 rings (SSSR count). The maximum atomic E-state index is 13.6. The molecular formula is C21H27F5. The molecule has 1 saturated carbocycles. The molecule has 0 nitrogen and oxygen atoms in total. The molecule has 26 heavy (non-hydrogen) atoms. The van der Waals surface area contributed by atoms with Gasteiger partial charge < -0.3 is 0 Å². The number of aryl methyl sites for hydroxylation is 1. The maximum Gasteiger partial charge on any atom is 0.422 e. The second kappa shape index (κ2) is 9.52. The normalized spacial score (nSPS) is 21.5. The summed E-state index contributed by atoms with van der Waals surface area (Å²) in [5.41, 5.74) is -1.49. The molecule has 1 aromatic carbocycles. The lowest BCUT2D eigenvalue weighted by Gasteiger charge is -2.28. The van der Waals surface area contributed by atoms with E-state index in [9.17, 15) is 22.0 Å². The van der Waals surface area contributed by atoms with Crippen molar-refractivity contribution in [2.45, 2.75) is 70.9 Å². The molecule has 1 fully saturated rings. The first-order chi connectivity index (χ1) is 12.3. The largest absolute Gasteiger partial charge is 0.422 e. The van der Waals surface area contributed by atoms with E-state index < -0.39 is 23.4 Å². The van der Waals surface area contributed by atoms with Gasteiger partial charge in [0.1, 0.15) is 17.2 Å². The van der Waals surface area contributed by atoms with Gasteiger partial charge in [-0.3, -0.25) is 0 Å². The second-order valence-electron chi connectivity index (χ2n) is 7.36. The average molecular weight is 374 g/mol. The first kappa shape index (κ1) is 20.9. The van der Waals surface area contributed by atoms with Gasteiger partial charge in [0, 0.05) is 0 Å². The van der Waals surface area contributed by atoms with Gasteiger partial charge in [0.2, 0.25) is 0 Å². The zero-order valence-corrected chi connectivity index (χ0v) is 15.2. The summed E-state index contributed by atoms with van der Waals surface area (Å²) in [7, 11) is 0. The first-order valence-electron chi connectivity index (χ1n) is 9.47. The molecule has 1 aliphatic carbocycles. The van der Waals surface area contributed by atoms with Crippen LogP contribution in [-0.2, 0) is 12.6 Å². The van der Waals surface area contributed by atoms with Crippen LogP contribution < -0.4 is 0 Å². The Hall–Kier alpha value is -1.39. The lowest BCUT2D eigenvalue weighted by molar-refractivity contribution is -0.142. The molecule has 0 saturated heterocycles. The third-order valence-corrected chi connectivity index (χ3v) is 5.41. The summed E-state index contributed by atoms with van der Waals surface area (Å²) >= 11 is 0. The number of halogens is 5. The molecule has 0 spiro atoms. The van der Waals surface area contributed by atoms with E-state index in [0.29, 0.717) is 17.9 Å². The van der Waals surface area contributed by atoms with Crippen molar-refractivity contribution in [3.63, 3.8) is 0 Å². The minimum Gasteiger partial charge on any atom is -0.206 e. The highest BCUT2D eigenvalue weighted by molar-refractivity contribution is 5.28. The Bertz CT molecular complexity index is 572. The molecule has 0 heterocycles. The van der Waals surface area contributed by atoms with E-state index in [1.807, 2.05) is 6.92 Å². The van der Waals surface area contributed by atoms with Gasteiger partial charge in [-0.15, -0.1) is 0 Å². The van der Waals surface area contributed by atoms with Gasteiger partial charge in [-0.1, -0.05) is 44.3 Å². The van der Waals surface area contributed by atoms with Crippen LogP contribution in [0, 0.1) is 23.5 Å². The van der Waals surface area contributed by atoms with Crippen LogP contribution in [0.25, 0.3) is 0 Å². The number of benzene rings is 1. The van der Waals surface area contributed by atoms with Gasteiger partial charge in [-0.05, 0) is 62.1 Å². The van der Waals surface area contributed by atoms with Crippen molar-refractivity contribution in [2.24, 2.45) is 11.8 Å². The Morgan fingerprint density at radius 1 is 0.962 bits per heavy atom. The molecule has 146 valence electrons. The maximum absolute atomic E-state index is 13.6. The van der Waals surface area contributed by atoms with Crippen LogP contribution in [0.2, 0.25) is 0 Å². The number of hydrogen-bond acceptors (Lipinski definition) is 0. The summed E-state index contributed by atoms with van der Waals surface area (Å²) in [5, 5.41) is 0. The van der Waals surface area contributed by atoms with Crippen molar-refractivity contribution in [2.75, 3.05) is 0 Å². The molecule has 0 amide bonds. The number of unbranched alkanes of at least 4 members (excludes halogenated alkanes) is 1. The summed E-state index contributed by atoms with van der Waals surface area (Å²) < 4.78 is 65.1. The van der Waals surface area contributed by atoms with E-state index >= 15 is 0 Å². The summed E-state index contributed by atoms with van der Waals surface area (Å²) in [4.78, 5) is 0. The molecule has 0 N–H and O–H groups in total. The topological polar surface area (TPSA) is 0 Å². The second-order valence-corrected chi connectivity index (χ2v) is 7.36. The van der Waals surface area contributed by atoms with Gasteiger partial charge in [0.15, 0.2) is 0 Å². The highest BCUT2D eigenvalue weighted by Gasteiger charge is 2.37. The van der Waals surface area contributed by atoms with Gasteiger partial charge in [0.25, 0.3) is 0 Å². The van der Waals surface area contributed by atoms with Crippen LogP contribution in [0.5, 0.6) is 0 Å². The SMILES string of the molecule is CC=CCCCC1CCC(CCc2cc(F)c(C(F)(F)F)c(F)c2)CC1. The third-order valence-electron chi connectivity index (χ3n) is 5.41. The van der Waals surface area contributed by atoms with Gasteiger partial charge in [-0.25, -0.2) is 8.78 Å². The minimum absolute atomic E-state index is 0.307. The fraction of sp³-hybridized carbons (Fsp3) is 0.619. The standard InChI is InChI=1S/C21H27F5/c1-2-3-4-5-6-15-7-9-16(10-8-15)11-12-17-13-18(22)20(19(23)14-17)21(24,25)26/h2-3,13-16H,4-12H2,1H3. The van der Waals surface area contributed by atoms with Gasteiger partial charge in [0.05, 0.1) is 0 Å². The van der Waals surface area contributed by atoms with E-state index in [4.69, 9.17) is 0 Å². The van der Waals surface area contributed by atoms with Crippen molar-refractivity contribution in [1.82, 2.24) is 0 Å². The highest BCUT2D eigenvalue weighted by atomic mass is 19.4. The Morgan fingerprint density at radius 2 is 1.50 bits per heavy atom. The quantitative estimate of drug-likeness (QED) is 0.264. The van der Waals surface area contributed by atoms with Crippen LogP contribution in [0.15, 0.2) is 24.3 Å². The predicted octanol–water partition coefficient (Wildman–Crippen LogP) is 7.47. The average Bonchev–Trinajstić information content (AvgIpc) is 2.56. The monoisotopic (exact) mass is 374 g/mol. The smallest absolute Gasteiger partial charge is 0.206 e. The van der Waals surface area contributed by atoms with Crippen LogP contribution in [0.4, 0.5) is 22.0 Å². The molecule has 0 aliphatic heterocycles. The van der Waals surface area contributed by atoms with Crippen LogP contribution >= 0.6 is 0 Å². The number of allylic oxidation sites excluding steroid dienone is 2. The summed E-state index contributed by atoms with van der Waals surface area (Å²) in [6.07, 6.45) is 8.58. The molecule has 0 bridgehead atoms. The van der Waals surface area contributed by atoms with E-state index in [2.05, 4.69) is 12.2 Å². The van der Waals surface area contributed by atoms with E-state index in [1.165, 1.54) is 25.7 Å². The zero-order valence-electron chi connectivity index (χ0n) is 15.2. The summed E-state index contributed by atoms with van der Waals surface area (Å²) in [6.45, 7) is 2.03.